The number of aryl methyl sites for hydroxylation is 1. The molecule has 9 N–H and O–H groups in total. The van der Waals surface area contributed by atoms with E-state index < -0.39 is 29.5 Å². The zero-order valence-corrected chi connectivity index (χ0v) is 72.2. The third-order valence-electron chi connectivity index (χ3n) is 30.5. The summed E-state index contributed by atoms with van der Waals surface area (Å²) < 4.78 is 0. The predicted molar refractivity (Wildman–Crippen MR) is 467 cm³/mol. The highest BCUT2D eigenvalue weighted by Gasteiger charge is 2.56. The van der Waals surface area contributed by atoms with Gasteiger partial charge in [0.15, 0.2) is 0 Å². The first-order valence-corrected chi connectivity index (χ1v) is 47.9. The number of pyridine rings is 4. The first kappa shape index (κ1) is 87.0. The van der Waals surface area contributed by atoms with Crippen molar-refractivity contribution in [3.8, 4) is 0 Å². The quantitative estimate of drug-likeness (QED) is 0.0282. The minimum atomic E-state index is -0.739. The normalized spacial score (nSPS) is 29.7. The Morgan fingerprint density at radius 2 is 0.680 bits per heavy atom. The second kappa shape index (κ2) is 39.4. The fourth-order valence-corrected chi connectivity index (χ4v) is 24.5. The lowest BCUT2D eigenvalue weighted by molar-refractivity contribution is -0.139. The van der Waals surface area contributed by atoms with Gasteiger partial charge in [0.05, 0.1) is 50.6 Å². The number of hydrogen-bond donors (Lipinski definition) is 9. The topological polar surface area (TPSA) is 350 Å². The maximum atomic E-state index is 13.4. The van der Waals surface area contributed by atoms with Gasteiger partial charge in [0.25, 0.3) is 23.6 Å². The second-order valence-corrected chi connectivity index (χ2v) is 40.3. The Bertz CT molecular complexity index is 4340. The van der Waals surface area contributed by atoms with Crippen molar-refractivity contribution in [2.75, 3.05) is 72.0 Å². The molecule has 25 heteroatoms. The van der Waals surface area contributed by atoms with E-state index >= 15 is 0 Å². The summed E-state index contributed by atoms with van der Waals surface area (Å²) in [6.45, 7) is 8.64. The molecule has 6 atom stereocenters. The molecule has 17 fully saturated rings. The lowest BCUT2D eigenvalue weighted by Gasteiger charge is -2.58. The molecule has 8 heterocycles. The lowest BCUT2D eigenvalue weighted by atomic mass is 9.52. The number of hydrogen-bond acceptors (Lipinski definition) is 17. The van der Waals surface area contributed by atoms with E-state index in [1.165, 1.54) is 70.6 Å². The Morgan fingerprint density at radius 3 is 1.02 bits per heavy atom. The van der Waals surface area contributed by atoms with Crippen molar-refractivity contribution in [1.29, 1.82) is 0 Å². The fourth-order valence-electron chi connectivity index (χ4n) is 24.5. The van der Waals surface area contributed by atoms with Crippen molar-refractivity contribution in [2.45, 2.75) is 318 Å². The molecule has 25 nitrogen and oxygen atoms in total. The van der Waals surface area contributed by atoms with E-state index in [1.807, 2.05) is 48.5 Å². The average molecular weight is 1680 g/mol. The number of carboxylic acid groups (broad SMARTS) is 4. The third-order valence-corrected chi connectivity index (χ3v) is 30.5. The Balaban J connectivity index is 0.000000121. The van der Waals surface area contributed by atoms with Gasteiger partial charge >= 0.3 is 23.9 Å². The second-order valence-electron chi connectivity index (χ2n) is 40.3. The fraction of sp³-hybridized carbons (Fsp3) is 0.711. The SMILES string of the molecule is CCCCc1nc(N2CCC[C@@H](CC(=O)O)C2)ccc1C(=O)NC1CCCCC1.O=C(O)C[C@@H]1CCCN(c2ccc(C(=O)NC3C4CC5CC(C4)CC3C5)c(C3CC3)n2)C1.O=C(O)C[C@@H]1CCCN(c2ccc(C(=O)NC3CCCCC3)c(C3CC3)n2)C1.O=C(O)C[C@@H]1CCCN(c2ccc(C(=O)N[C@H]3C4CC5CC3C[C@@](O)(C5)C4)c(C3CC3)n2)C1. The van der Waals surface area contributed by atoms with Crippen molar-refractivity contribution in [1.82, 2.24) is 41.2 Å². The zero-order valence-electron chi connectivity index (χ0n) is 72.2. The summed E-state index contributed by atoms with van der Waals surface area (Å²) in [7, 11) is 0. The molecule has 2 unspecified atom stereocenters. The molecule has 122 heavy (non-hydrogen) atoms. The largest absolute Gasteiger partial charge is 0.481 e. The van der Waals surface area contributed by atoms with Gasteiger partial charge in [-0.25, -0.2) is 19.9 Å². The van der Waals surface area contributed by atoms with Gasteiger partial charge in [-0.1, -0.05) is 51.9 Å². The Kier molecular flexibility index (Phi) is 28.1. The number of rotatable bonds is 26. The van der Waals surface area contributed by atoms with E-state index in [0.29, 0.717) is 77.1 Å². The maximum absolute atomic E-state index is 13.4. The summed E-state index contributed by atoms with van der Waals surface area (Å²) in [5.41, 5.74) is 6.09. The number of piperidine rings is 4. The molecule has 13 saturated carbocycles. The Hall–Kier alpha value is -8.48. The molecule has 0 spiro atoms. The van der Waals surface area contributed by atoms with Crippen LogP contribution in [0.25, 0.3) is 0 Å². The summed E-state index contributed by atoms with van der Waals surface area (Å²) in [6, 6.07) is 16.7. The molecule has 4 amide bonds. The van der Waals surface area contributed by atoms with E-state index in [0.717, 1.165) is 282 Å². The Labute approximate surface area is 720 Å². The number of anilines is 4. The van der Waals surface area contributed by atoms with Gasteiger partial charge in [0, 0.05) is 120 Å². The minimum absolute atomic E-state index is 0.00412. The first-order chi connectivity index (χ1) is 59.1. The molecule has 0 radical (unpaired) electrons. The van der Waals surface area contributed by atoms with Crippen LogP contribution in [-0.4, -0.2) is 175 Å². The van der Waals surface area contributed by atoms with Crippen LogP contribution in [0.4, 0.5) is 23.3 Å². The zero-order chi connectivity index (χ0) is 84.7. The number of aliphatic carboxylic acids is 4. The van der Waals surface area contributed by atoms with Gasteiger partial charge in [-0.2, -0.15) is 0 Å². The molecule has 4 aliphatic heterocycles. The van der Waals surface area contributed by atoms with Crippen LogP contribution >= 0.6 is 0 Å². The smallest absolute Gasteiger partial charge is 0.303 e. The monoisotopic (exact) mass is 1680 g/mol. The number of aromatic nitrogens is 4. The molecule has 21 rings (SSSR count). The molecule has 4 aromatic heterocycles. The van der Waals surface area contributed by atoms with Crippen molar-refractivity contribution in [3.63, 3.8) is 0 Å². The van der Waals surface area contributed by atoms with E-state index in [1.54, 1.807) is 0 Å². The van der Waals surface area contributed by atoms with Crippen LogP contribution in [0.3, 0.4) is 0 Å². The number of nitrogens with zero attached hydrogens (tertiary/aromatic N) is 8. The molecule has 662 valence electrons. The van der Waals surface area contributed by atoms with Crippen LogP contribution in [0, 0.1) is 65.1 Å². The standard InChI is InChI=1S/C26H35N3O4.C26H35N3O3.C23H35N3O3.C22H31N3O3/c30-22(31)10-15-2-1-7-29(14-15)21-6-5-20(24(27-21)17-3-4-17)25(32)28-23-18-8-16-9-19(23)13-26(33,11-16)12-18;30-23(31)13-15-2-1-7-29(14-15)22-6-5-21(25(27-22)18-3-4-18)26(32)28-24-19-9-16-8-17(11-19)12-20(24)10-16;1-2-3-11-20-19(23(29)24-18-9-5-4-6-10-18)12-13-21(25-20)26-14-7-8-17(16-26)15-22(27)28;26-20(27)13-15-5-4-12-25(14-15)19-11-10-18(21(24-19)16-8-9-16)22(28)23-17-6-2-1-3-7-17/h5-6,15-19,23,33H,1-4,7-14H2,(H,28,32)(H,30,31);5-6,15-20,24H,1-4,7-14H2,(H,28,32)(H,30,31);12-13,17-18H,2-11,14-16H2,1H3,(H,24,29)(H,27,28);10-11,15-17H,1-9,12-14H2,(H,23,28)(H,26,27)/t15-,16?,18?,19?,23-,26+;15-,16?,17?,19?,20?,24?;17-;15-/m0000/s1. The number of amides is 4. The summed E-state index contributed by atoms with van der Waals surface area (Å²) in [5.74, 6) is 7.09. The number of carbonyl (C=O) groups excluding carboxylic acids is 4. The van der Waals surface area contributed by atoms with Crippen molar-refractivity contribution in [3.05, 3.63) is 93.6 Å². The number of nitrogens with one attached hydrogen (secondary N) is 4. The van der Waals surface area contributed by atoms with Crippen LogP contribution in [0.1, 0.15) is 346 Å². The van der Waals surface area contributed by atoms with E-state index in [-0.39, 0.29) is 85.1 Å². The highest BCUT2D eigenvalue weighted by atomic mass is 16.4. The van der Waals surface area contributed by atoms with Crippen molar-refractivity contribution >= 4 is 70.8 Å². The molecule has 4 saturated heterocycles. The molecule has 17 aliphatic rings. The number of carboxylic acids is 4. The molecule has 0 aromatic carbocycles. The third kappa shape index (κ3) is 22.2. The minimum Gasteiger partial charge on any atom is -0.481 e. The van der Waals surface area contributed by atoms with Crippen LogP contribution in [-0.2, 0) is 25.6 Å². The summed E-state index contributed by atoms with van der Waals surface area (Å²) in [5, 5.41) is 60.7. The molecule has 8 bridgehead atoms. The average Bonchev–Trinajstić information content (AvgIpc) is 0.941. The van der Waals surface area contributed by atoms with Crippen LogP contribution < -0.4 is 40.9 Å². The summed E-state index contributed by atoms with van der Waals surface area (Å²) in [6.07, 6.45) is 41.1. The number of unbranched alkanes of at least 4 members (excludes halogenated alkanes) is 1. The summed E-state index contributed by atoms with van der Waals surface area (Å²) >= 11 is 0. The van der Waals surface area contributed by atoms with Gasteiger partial charge in [-0.15, -0.1) is 0 Å². The predicted octanol–water partition coefficient (Wildman–Crippen LogP) is 15.4. The number of aliphatic hydroxyl groups is 1. The van der Waals surface area contributed by atoms with Crippen LogP contribution in [0.15, 0.2) is 48.5 Å². The van der Waals surface area contributed by atoms with Gasteiger partial charge < -0.3 is 66.4 Å². The molecular formula is C97H136N12O13. The van der Waals surface area contributed by atoms with Gasteiger partial charge in [0.2, 0.25) is 0 Å². The molecular weight excluding hydrogens is 1540 g/mol. The van der Waals surface area contributed by atoms with Crippen molar-refractivity contribution in [2.24, 2.45) is 65.1 Å². The van der Waals surface area contributed by atoms with Crippen LogP contribution in [0.5, 0.6) is 0 Å². The summed E-state index contributed by atoms with van der Waals surface area (Å²) in [4.78, 5) is 126. The van der Waals surface area contributed by atoms with E-state index in [4.69, 9.17) is 30.1 Å². The first-order valence-electron chi connectivity index (χ1n) is 47.9. The van der Waals surface area contributed by atoms with Gasteiger partial charge in [-0.05, 0) is 306 Å². The van der Waals surface area contributed by atoms with E-state index in [2.05, 4.69) is 47.8 Å². The highest BCUT2D eigenvalue weighted by molar-refractivity contribution is 5.98. The van der Waals surface area contributed by atoms with Crippen molar-refractivity contribution < 1.29 is 63.9 Å². The molecule has 13 aliphatic carbocycles. The van der Waals surface area contributed by atoms with E-state index in [9.17, 15) is 53.7 Å². The van der Waals surface area contributed by atoms with Gasteiger partial charge in [0.1, 0.15) is 23.3 Å². The number of carbonyl (C=O) groups is 8. The lowest BCUT2D eigenvalue weighted by Crippen LogP contribution is -2.61. The Morgan fingerprint density at radius 1 is 0.361 bits per heavy atom. The molecule has 4 aromatic rings. The highest BCUT2D eigenvalue weighted by Crippen LogP contribution is 2.57. The van der Waals surface area contributed by atoms with Crippen LogP contribution in [0.2, 0.25) is 0 Å². The maximum Gasteiger partial charge on any atom is 0.303 e. The van der Waals surface area contributed by atoms with Gasteiger partial charge in [-0.3, -0.25) is 38.4 Å².